The van der Waals surface area contributed by atoms with Crippen molar-refractivity contribution in [2.24, 2.45) is 22.9 Å². The van der Waals surface area contributed by atoms with Gasteiger partial charge in [-0.1, -0.05) is 21.6 Å². The molecule has 0 heterocycles. The maximum atomic E-state index is 10.6. The lowest BCUT2D eigenvalue weighted by Gasteiger charge is -2.19. The standard InChI is InChI=1S/C8H22N4O4S4/c9-5(7(11)3-19(13)14)1-17-18-2-6(10)8(12)4-20(15)16/h5-8H,1-4,9-12H2,(H,13,14)(H,15,16)/t5-,6-,7-,8-/m1/s1. The summed E-state index contributed by atoms with van der Waals surface area (Å²) >= 11 is -3.91. The fourth-order valence-electron chi connectivity index (χ4n) is 1.08. The Morgan fingerprint density at radius 2 is 1.05 bits per heavy atom. The number of rotatable bonds is 11. The predicted octanol–water partition coefficient (Wildman–Crippen LogP) is -1.88. The highest BCUT2D eigenvalue weighted by Gasteiger charge is 2.18. The molecule has 0 bridgehead atoms. The van der Waals surface area contributed by atoms with Crippen molar-refractivity contribution in [2.75, 3.05) is 23.0 Å². The van der Waals surface area contributed by atoms with Crippen molar-refractivity contribution >= 4 is 43.7 Å². The molecule has 0 spiro atoms. The van der Waals surface area contributed by atoms with Crippen molar-refractivity contribution in [1.29, 1.82) is 0 Å². The van der Waals surface area contributed by atoms with E-state index in [0.29, 0.717) is 11.5 Å². The quantitative estimate of drug-likeness (QED) is 0.138. The number of hydrogen-bond donors (Lipinski definition) is 6. The minimum absolute atomic E-state index is 0.0565. The van der Waals surface area contributed by atoms with E-state index in [1.54, 1.807) is 0 Å². The summed E-state index contributed by atoms with van der Waals surface area (Å²) in [5.74, 6) is 0.909. The van der Waals surface area contributed by atoms with Crippen LogP contribution in [-0.2, 0) is 22.2 Å². The summed E-state index contributed by atoms with van der Waals surface area (Å²) in [6.45, 7) is 0. The van der Waals surface area contributed by atoms with Crippen LogP contribution in [0.1, 0.15) is 0 Å². The Balaban J connectivity index is 3.79. The highest BCUT2D eigenvalue weighted by molar-refractivity contribution is 8.76. The molecule has 0 aromatic heterocycles. The molecule has 0 aromatic carbocycles. The van der Waals surface area contributed by atoms with Crippen LogP contribution in [-0.4, -0.2) is 64.7 Å². The third-order valence-corrected chi connectivity index (χ3v) is 6.24. The zero-order chi connectivity index (χ0) is 15.7. The maximum absolute atomic E-state index is 10.6. The molecule has 122 valence electrons. The van der Waals surface area contributed by atoms with Crippen molar-refractivity contribution < 1.29 is 17.5 Å². The monoisotopic (exact) mass is 366 g/mol. The van der Waals surface area contributed by atoms with Gasteiger partial charge in [-0.2, -0.15) is 0 Å². The second kappa shape index (κ2) is 11.3. The molecule has 0 fully saturated rings. The van der Waals surface area contributed by atoms with Gasteiger partial charge in [0.2, 0.25) is 0 Å². The van der Waals surface area contributed by atoms with Gasteiger partial charge in [-0.15, -0.1) is 0 Å². The summed E-state index contributed by atoms with van der Waals surface area (Å²) in [7, 11) is 2.88. The zero-order valence-electron chi connectivity index (χ0n) is 10.8. The van der Waals surface area contributed by atoms with Crippen molar-refractivity contribution in [3.63, 3.8) is 0 Å². The van der Waals surface area contributed by atoms with E-state index < -0.39 is 46.3 Å². The molecule has 8 nitrogen and oxygen atoms in total. The lowest BCUT2D eigenvalue weighted by atomic mass is 10.2. The summed E-state index contributed by atoms with van der Waals surface area (Å²) in [5, 5.41) is 0. The van der Waals surface area contributed by atoms with Crippen LogP contribution < -0.4 is 22.9 Å². The highest BCUT2D eigenvalue weighted by atomic mass is 33.1. The molecule has 20 heavy (non-hydrogen) atoms. The Labute approximate surface area is 131 Å². The minimum Gasteiger partial charge on any atom is -0.326 e. The summed E-state index contributed by atoms with van der Waals surface area (Å²) in [5.41, 5.74) is 22.9. The molecule has 0 rings (SSSR count). The van der Waals surface area contributed by atoms with Crippen molar-refractivity contribution in [3.05, 3.63) is 0 Å². The average Bonchev–Trinajstić information content (AvgIpc) is 2.32. The average molecular weight is 367 g/mol. The Morgan fingerprint density at radius 1 is 0.750 bits per heavy atom. The van der Waals surface area contributed by atoms with E-state index in [1.807, 2.05) is 0 Å². The summed E-state index contributed by atoms with van der Waals surface area (Å²) in [6, 6.07) is -1.86. The van der Waals surface area contributed by atoms with Crippen LogP contribution in [0.5, 0.6) is 0 Å². The molecule has 2 unspecified atom stereocenters. The molecule has 10 N–H and O–H groups in total. The lowest BCUT2D eigenvalue weighted by molar-refractivity contribution is 0.539. The SMILES string of the molecule is N[C@H](CSSC[C@@H](N)[C@H](N)CS(=O)O)[C@H](N)CS(=O)O. The third-order valence-electron chi connectivity index (χ3n) is 2.37. The molecule has 0 saturated heterocycles. The molecule has 6 atom stereocenters. The van der Waals surface area contributed by atoms with Gasteiger partial charge in [0.15, 0.2) is 22.2 Å². The predicted molar refractivity (Wildman–Crippen MR) is 88.1 cm³/mol. The smallest absolute Gasteiger partial charge is 0.154 e. The fourth-order valence-corrected chi connectivity index (χ4v) is 4.75. The van der Waals surface area contributed by atoms with Crippen molar-refractivity contribution in [2.45, 2.75) is 24.2 Å². The van der Waals surface area contributed by atoms with E-state index in [1.165, 1.54) is 21.6 Å². The van der Waals surface area contributed by atoms with Gasteiger partial charge in [0.1, 0.15) is 0 Å². The van der Waals surface area contributed by atoms with E-state index in [2.05, 4.69) is 0 Å². The molecular formula is C8H22N4O4S4. The van der Waals surface area contributed by atoms with Gasteiger partial charge >= 0.3 is 0 Å². The molecule has 0 saturated carbocycles. The maximum Gasteiger partial charge on any atom is 0.154 e. The van der Waals surface area contributed by atoms with Crippen molar-refractivity contribution in [1.82, 2.24) is 0 Å². The first kappa shape index (κ1) is 20.8. The van der Waals surface area contributed by atoms with Crippen molar-refractivity contribution in [3.8, 4) is 0 Å². The van der Waals surface area contributed by atoms with E-state index in [4.69, 9.17) is 32.0 Å². The van der Waals surface area contributed by atoms with Gasteiger partial charge in [-0.05, 0) is 0 Å². The normalized spacial score (nSPS) is 20.9. The Kier molecular flexibility index (Phi) is 11.8. The van der Waals surface area contributed by atoms with Gasteiger partial charge in [-0.25, -0.2) is 8.42 Å². The first-order chi connectivity index (χ1) is 9.23. The van der Waals surface area contributed by atoms with Crippen LogP contribution in [0.4, 0.5) is 0 Å². The Hall–Kier alpha value is 0.760. The lowest BCUT2D eigenvalue weighted by Crippen LogP contribution is -2.47. The first-order valence-corrected chi connectivity index (χ1v) is 10.7. The third kappa shape index (κ3) is 10.5. The van der Waals surface area contributed by atoms with E-state index >= 15 is 0 Å². The molecular weight excluding hydrogens is 344 g/mol. The minimum atomic E-state index is -1.95. The molecule has 0 aliphatic heterocycles. The van der Waals surface area contributed by atoms with E-state index in [9.17, 15) is 8.42 Å². The molecule has 12 heteroatoms. The van der Waals surface area contributed by atoms with Gasteiger partial charge in [0, 0.05) is 35.7 Å². The van der Waals surface area contributed by atoms with Gasteiger partial charge in [0.25, 0.3) is 0 Å². The molecule has 0 radical (unpaired) electrons. The largest absolute Gasteiger partial charge is 0.326 e. The van der Waals surface area contributed by atoms with Crippen LogP contribution in [0.3, 0.4) is 0 Å². The van der Waals surface area contributed by atoms with Crippen LogP contribution in [0.25, 0.3) is 0 Å². The van der Waals surface area contributed by atoms with Gasteiger partial charge in [-0.3, -0.25) is 0 Å². The van der Waals surface area contributed by atoms with Crippen LogP contribution in [0.15, 0.2) is 0 Å². The summed E-state index contributed by atoms with van der Waals surface area (Å²) in [4.78, 5) is 0. The Morgan fingerprint density at radius 3 is 1.30 bits per heavy atom. The van der Waals surface area contributed by atoms with Gasteiger partial charge < -0.3 is 32.0 Å². The van der Waals surface area contributed by atoms with Crippen LogP contribution in [0, 0.1) is 0 Å². The highest BCUT2D eigenvalue weighted by Crippen LogP contribution is 2.23. The number of nitrogens with two attached hydrogens (primary N) is 4. The number of hydrogen-bond acceptors (Lipinski definition) is 8. The topological polar surface area (TPSA) is 179 Å². The van der Waals surface area contributed by atoms with Crippen LogP contribution >= 0.6 is 21.6 Å². The van der Waals surface area contributed by atoms with Crippen LogP contribution in [0.2, 0.25) is 0 Å². The summed E-state index contributed by atoms with van der Waals surface area (Å²) in [6.07, 6.45) is 0. The zero-order valence-corrected chi connectivity index (χ0v) is 14.1. The summed E-state index contributed by atoms with van der Waals surface area (Å²) < 4.78 is 38.6. The second-order valence-electron chi connectivity index (χ2n) is 4.20. The molecule has 0 amide bonds. The van der Waals surface area contributed by atoms with Gasteiger partial charge in [0.05, 0.1) is 11.5 Å². The molecule has 0 aliphatic carbocycles. The first-order valence-electron chi connectivity index (χ1n) is 5.65. The molecule has 0 aromatic rings. The second-order valence-corrected chi connectivity index (χ2v) is 8.71. The Bertz CT molecular complexity index is 295. The molecule has 0 aliphatic rings. The van der Waals surface area contributed by atoms with E-state index in [-0.39, 0.29) is 11.5 Å². The fraction of sp³-hybridized carbons (Fsp3) is 1.00. The van der Waals surface area contributed by atoms with E-state index in [0.717, 1.165) is 0 Å².